The molecule has 0 spiro atoms. The van der Waals surface area contributed by atoms with Crippen LogP contribution in [0, 0.1) is 12.7 Å². The minimum absolute atomic E-state index is 0.292. The molecule has 0 amide bonds. The van der Waals surface area contributed by atoms with E-state index in [4.69, 9.17) is 0 Å². The highest BCUT2D eigenvalue weighted by atomic mass is 19.1. The zero-order valence-corrected chi connectivity index (χ0v) is 6.97. The van der Waals surface area contributed by atoms with Crippen molar-refractivity contribution in [2.75, 3.05) is 0 Å². The molecule has 1 aromatic heterocycles. The van der Waals surface area contributed by atoms with Crippen LogP contribution in [0.25, 0.3) is 10.9 Å². The Kier molecular flexibility index (Phi) is 1.62. The molecule has 0 saturated carbocycles. The van der Waals surface area contributed by atoms with Gasteiger partial charge in [0.2, 0.25) is 0 Å². The van der Waals surface area contributed by atoms with E-state index in [-0.39, 0.29) is 5.56 Å². The molecule has 1 aromatic carbocycles. The van der Waals surface area contributed by atoms with Crippen LogP contribution in [0.1, 0.15) is 5.56 Å². The first-order valence-electron chi connectivity index (χ1n) is 3.82. The van der Waals surface area contributed by atoms with Crippen molar-refractivity contribution in [3.8, 4) is 0 Å². The minimum atomic E-state index is -0.413. The van der Waals surface area contributed by atoms with Crippen molar-refractivity contribution < 1.29 is 4.39 Å². The van der Waals surface area contributed by atoms with Crippen LogP contribution in [-0.4, -0.2) is 9.97 Å². The van der Waals surface area contributed by atoms with Gasteiger partial charge in [0.15, 0.2) is 0 Å². The highest BCUT2D eigenvalue weighted by molar-refractivity contribution is 5.80. The number of benzene rings is 1. The molecular formula is C9H7FN2O. The summed E-state index contributed by atoms with van der Waals surface area (Å²) in [5.41, 5.74) is 0.902. The smallest absolute Gasteiger partial charge is 0.258 e. The van der Waals surface area contributed by atoms with E-state index in [9.17, 15) is 9.18 Å². The molecule has 0 fully saturated rings. The maximum atomic E-state index is 12.9. The number of H-pyrrole nitrogens is 1. The molecule has 0 atom stereocenters. The lowest BCUT2D eigenvalue weighted by molar-refractivity contribution is 0.628. The van der Waals surface area contributed by atoms with E-state index in [2.05, 4.69) is 9.97 Å². The Morgan fingerprint density at radius 2 is 2.23 bits per heavy atom. The molecule has 0 aliphatic rings. The lowest BCUT2D eigenvalue weighted by Gasteiger charge is -1.99. The molecule has 2 rings (SSSR count). The molecule has 0 radical (unpaired) electrons. The van der Waals surface area contributed by atoms with Crippen molar-refractivity contribution in [3.63, 3.8) is 0 Å². The summed E-state index contributed by atoms with van der Waals surface area (Å²) in [6, 6.07) is 2.54. The number of nitrogens with one attached hydrogen (secondary N) is 1. The first kappa shape index (κ1) is 7.91. The van der Waals surface area contributed by atoms with Gasteiger partial charge in [-0.25, -0.2) is 9.37 Å². The third-order valence-corrected chi connectivity index (χ3v) is 1.90. The van der Waals surface area contributed by atoms with Gasteiger partial charge in [-0.1, -0.05) is 0 Å². The summed E-state index contributed by atoms with van der Waals surface area (Å²) in [5.74, 6) is -0.413. The van der Waals surface area contributed by atoms with E-state index >= 15 is 0 Å². The molecule has 4 heteroatoms. The van der Waals surface area contributed by atoms with Gasteiger partial charge in [0.05, 0.1) is 17.2 Å². The van der Waals surface area contributed by atoms with Crippen molar-refractivity contribution in [2.45, 2.75) is 6.92 Å². The van der Waals surface area contributed by atoms with Crippen molar-refractivity contribution in [1.29, 1.82) is 0 Å². The minimum Gasteiger partial charge on any atom is -0.313 e. The number of aromatic nitrogens is 2. The summed E-state index contributed by atoms with van der Waals surface area (Å²) in [5, 5.41) is 0.292. The number of aromatic amines is 1. The molecular weight excluding hydrogens is 171 g/mol. The van der Waals surface area contributed by atoms with Crippen molar-refractivity contribution in [1.82, 2.24) is 9.97 Å². The van der Waals surface area contributed by atoms with Gasteiger partial charge in [-0.15, -0.1) is 0 Å². The first-order valence-corrected chi connectivity index (χ1v) is 3.82. The van der Waals surface area contributed by atoms with Crippen LogP contribution in [-0.2, 0) is 0 Å². The zero-order valence-electron chi connectivity index (χ0n) is 6.97. The van der Waals surface area contributed by atoms with Crippen LogP contribution in [0.15, 0.2) is 23.3 Å². The normalized spacial score (nSPS) is 10.6. The van der Waals surface area contributed by atoms with E-state index in [1.807, 2.05) is 0 Å². The first-order chi connectivity index (χ1) is 6.18. The summed E-state index contributed by atoms with van der Waals surface area (Å²) in [6.07, 6.45) is 1.32. The zero-order chi connectivity index (χ0) is 9.42. The molecule has 0 aliphatic carbocycles. The van der Waals surface area contributed by atoms with Crippen LogP contribution in [0.5, 0.6) is 0 Å². The van der Waals surface area contributed by atoms with Gasteiger partial charge in [0.25, 0.3) is 5.56 Å². The van der Waals surface area contributed by atoms with Gasteiger partial charge in [-0.3, -0.25) is 4.79 Å². The second-order valence-corrected chi connectivity index (χ2v) is 2.85. The maximum absolute atomic E-state index is 12.9. The molecule has 0 aliphatic heterocycles. The van der Waals surface area contributed by atoms with Crippen molar-refractivity contribution >= 4 is 10.9 Å². The molecule has 0 bridgehead atoms. The molecule has 0 unspecified atom stereocenters. The molecule has 13 heavy (non-hydrogen) atoms. The fourth-order valence-electron chi connectivity index (χ4n) is 1.31. The van der Waals surface area contributed by atoms with Crippen molar-refractivity contribution in [2.24, 2.45) is 0 Å². The van der Waals surface area contributed by atoms with E-state index in [1.165, 1.54) is 18.5 Å². The van der Waals surface area contributed by atoms with E-state index in [0.29, 0.717) is 16.5 Å². The Bertz CT molecular complexity index is 518. The highest BCUT2D eigenvalue weighted by Gasteiger charge is 2.04. The number of rotatable bonds is 0. The number of hydrogen-bond donors (Lipinski definition) is 1. The monoisotopic (exact) mass is 178 g/mol. The summed E-state index contributed by atoms with van der Waals surface area (Å²) >= 11 is 0. The summed E-state index contributed by atoms with van der Waals surface area (Å²) in [6.45, 7) is 1.72. The average molecular weight is 178 g/mol. The van der Waals surface area contributed by atoms with E-state index < -0.39 is 5.82 Å². The second-order valence-electron chi connectivity index (χ2n) is 2.85. The lowest BCUT2D eigenvalue weighted by atomic mass is 10.1. The SMILES string of the molecule is Cc1cc(F)cc2c(=O)[nH]cnc12. The Morgan fingerprint density at radius 3 is 3.00 bits per heavy atom. The van der Waals surface area contributed by atoms with E-state index in [1.54, 1.807) is 6.92 Å². The van der Waals surface area contributed by atoms with Gasteiger partial charge in [0.1, 0.15) is 5.82 Å². The lowest BCUT2D eigenvalue weighted by Crippen LogP contribution is -2.07. The van der Waals surface area contributed by atoms with Gasteiger partial charge in [-0.05, 0) is 24.6 Å². The van der Waals surface area contributed by atoms with Crippen LogP contribution in [0.3, 0.4) is 0 Å². The van der Waals surface area contributed by atoms with E-state index in [0.717, 1.165) is 0 Å². The van der Waals surface area contributed by atoms with Crippen molar-refractivity contribution in [3.05, 3.63) is 40.2 Å². The standard InChI is InChI=1S/C9H7FN2O/c1-5-2-6(10)3-7-8(5)11-4-12-9(7)13/h2-4H,1H3,(H,11,12,13). The molecule has 66 valence electrons. The van der Waals surface area contributed by atoms with Gasteiger partial charge in [-0.2, -0.15) is 0 Å². The third-order valence-electron chi connectivity index (χ3n) is 1.90. The summed E-state index contributed by atoms with van der Waals surface area (Å²) < 4.78 is 12.9. The maximum Gasteiger partial charge on any atom is 0.258 e. The molecule has 0 saturated heterocycles. The van der Waals surface area contributed by atoms with Gasteiger partial charge < -0.3 is 4.98 Å². The Labute approximate surface area is 73.2 Å². The molecule has 3 nitrogen and oxygen atoms in total. The summed E-state index contributed by atoms with van der Waals surface area (Å²) in [4.78, 5) is 17.6. The van der Waals surface area contributed by atoms with Gasteiger partial charge in [0, 0.05) is 0 Å². The third kappa shape index (κ3) is 1.20. The molecule has 1 heterocycles. The van der Waals surface area contributed by atoms with Crippen LogP contribution >= 0.6 is 0 Å². The topological polar surface area (TPSA) is 45.8 Å². The quantitative estimate of drug-likeness (QED) is 0.662. The number of nitrogens with zero attached hydrogens (tertiary/aromatic N) is 1. The molecule has 1 N–H and O–H groups in total. The van der Waals surface area contributed by atoms with Crippen LogP contribution in [0.2, 0.25) is 0 Å². The fraction of sp³-hybridized carbons (Fsp3) is 0.111. The molecule has 2 aromatic rings. The number of hydrogen-bond acceptors (Lipinski definition) is 2. The largest absolute Gasteiger partial charge is 0.313 e. The Hall–Kier alpha value is -1.71. The van der Waals surface area contributed by atoms with Crippen LogP contribution in [0.4, 0.5) is 4.39 Å². The Morgan fingerprint density at radius 1 is 1.46 bits per heavy atom. The summed E-state index contributed by atoms with van der Waals surface area (Å²) in [7, 11) is 0. The number of aryl methyl sites for hydroxylation is 1. The van der Waals surface area contributed by atoms with Crippen LogP contribution < -0.4 is 5.56 Å². The predicted molar refractivity (Wildman–Crippen MR) is 47.1 cm³/mol. The second kappa shape index (κ2) is 2.65. The number of fused-ring (bicyclic) bond motifs is 1. The number of halogens is 1. The Balaban J connectivity index is 3.03. The average Bonchev–Trinajstić information content (AvgIpc) is 2.07. The predicted octanol–water partition coefficient (Wildman–Crippen LogP) is 1.37. The highest BCUT2D eigenvalue weighted by Crippen LogP contribution is 2.13. The fourth-order valence-corrected chi connectivity index (χ4v) is 1.31. The van der Waals surface area contributed by atoms with Gasteiger partial charge >= 0.3 is 0 Å².